The van der Waals surface area contributed by atoms with Gasteiger partial charge in [0.2, 0.25) is 5.91 Å². The summed E-state index contributed by atoms with van der Waals surface area (Å²) >= 11 is 3.29. The Bertz CT molecular complexity index is 467. The Morgan fingerprint density at radius 3 is 2.76 bits per heavy atom. The summed E-state index contributed by atoms with van der Waals surface area (Å²) in [5, 5.41) is 0.674. The van der Waals surface area contributed by atoms with Crippen LogP contribution in [0.4, 0.5) is 20.2 Å². The number of hydrogen-bond acceptors (Lipinski definition) is 2. The SMILES string of the molecule is Nc1c(F)cc(F)cc1N1CC(CBr)CC1=O. The molecule has 0 saturated carbocycles. The lowest BCUT2D eigenvalue weighted by molar-refractivity contribution is -0.117. The van der Waals surface area contributed by atoms with Gasteiger partial charge in [-0.2, -0.15) is 0 Å². The number of halogens is 3. The van der Waals surface area contributed by atoms with E-state index in [0.717, 1.165) is 6.07 Å². The molecule has 1 aliphatic heterocycles. The first-order valence-electron chi connectivity index (χ1n) is 5.13. The van der Waals surface area contributed by atoms with E-state index in [4.69, 9.17) is 5.73 Å². The molecule has 1 saturated heterocycles. The van der Waals surface area contributed by atoms with Gasteiger partial charge in [-0.15, -0.1) is 0 Å². The molecule has 1 heterocycles. The number of amides is 1. The van der Waals surface area contributed by atoms with Crippen LogP contribution in [0.3, 0.4) is 0 Å². The van der Waals surface area contributed by atoms with Crippen LogP contribution in [0.1, 0.15) is 6.42 Å². The molecule has 6 heteroatoms. The molecule has 1 aromatic rings. The number of nitrogens with two attached hydrogens (primary N) is 1. The molecule has 0 bridgehead atoms. The zero-order chi connectivity index (χ0) is 12.6. The van der Waals surface area contributed by atoms with Crippen molar-refractivity contribution in [1.29, 1.82) is 0 Å². The largest absolute Gasteiger partial charge is 0.395 e. The van der Waals surface area contributed by atoms with Gasteiger partial charge in [0.15, 0.2) is 5.82 Å². The lowest BCUT2D eigenvalue weighted by Crippen LogP contribution is -2.26. The fourth-order valence-corrected chi connectivity index (χ4v) is 2.35. The van der Waals surface area contributed by atoms with Crippen LogP contribution in [-0.2, 0) is 4.79 Å². The summed E-state index contributed by atoms with van der Waals surface area (Å²) < 4.78 is 26.4. The molecular formula is C11H11BrF2N2O. The second kappa shape index (κ2) is 4.60. The highest BCUT2D eigenvalue weighted by atomic mass is 79.9. The topological polar surface area (TPSA) is 46.3 Å². The maximum atomic E-state index is 13.3. The molecule has 3 nitrogen and oxygen atoms in total. The van der Waals surface area contributed by atoms with Crippen LogP contribution in [0.15, 0.2) is 12.1 Å². The van der Waals surface area contributed by atoms with Gasteiger partial charge in [0, 0.05) is 24.4 Å². The van der Waals surface area contributed by atoms with E-state index in [-0.39, 0.29) is 23.2 Å². The zero-order valence-corrected chi connectivity index (χ0v) is 10.5. The van der Waals surface area contributed by atoms with Crippen molar-refractivity contribution >= 4 is 33.2 Å². The molecular weight excluding hydrogens is 294 g/mol. The molecule has 1 atom stereocenters. The van der Waals surface area contributed by atoms with Crippen molar-refractivity contribution in [3.05, 3.63) is 23.8 Å². The Hall–Kier alpha value is -1.17. The average Bonchev–Trinajstić information content (AvgIpc) is 2.65. The Morgan fingerprint density at radius 2 is 2.18 bits per heavy atom. The van der Waals surface area contributed by atoms with Crippen molar-refractivity contribution in [3.63, 3.8) is 0 Å². The normalized spacial score (nSPS) is 20.1. The Kier molecular flexibility index (Phi) is 3.33. The van der Waals surface area contributed by atoms with Crippen LogP contribution < -0.4 is 10.6 Å². The van der Waals surface area contributed by atoms with Gasteiger partial charge in [0.1, 0.15) is 5.82 Å². The van der Waals surface area contributed by atoms with Gasteiger partial charge in [-0.05, 0) is 12.0 Å². The highest BCUT2D eigenvalue weighted by Crippen LogP contribution is 2.32. The summed E-state index contributed by atoms with van der Waals surface area (Å²) in [6.07, 6.45) is 0.364. The van der Waals surface area contributed by atoms with E-state index in [0.29, 0.717) is 24.4 Å². The van der Waals surface area contributed by atoms with E-state index in [1.165, 1.54) is 4.90 Å². The van der Waals surface area contributed by atoms with Gasteiger partial charge in [-0.3, -0.25) is 4.79 Å². The number of rotatable bonds is 2. The molecule has 0 aliphatic carbocycles. The quantitative estimate of drug-likeness (QED) is 0.673. The minimum Gasteiger partial charge on any atom is -0.395 e. The van der Waals surface area contributed by atoms with Crippen LogP contribution in [0.25, 0.3) is 0 Å². The number of carbonyl (C=O) groups excluding carboxylic acids is 1. The summed E-state index contributed by atoms with van der Waals surface area (Å²) in [6, 6.07) is 1.80. The minimum absolute atomic E-state index is 0.121. The second-order valence-corrected chi connectivity index (χ2v) is 4.70. The monoisotopic (exact) mass is 304 g/mol. The highest BCUT2D eigenvalue weighted by Gasteiger charge is 2.31. The van der Waals surface area contributed by atoms with Crippen molar-refractivity contribution in [2.24, 2.45) is 5.92 Å². The van der Waals surface area contributed by atoms with Gasteiger partial charge >= 0.3 is 0 Å². The molecule has 92 valence electrons. The first-order valence-corrected chi connectivity index (χ1v) is 6.26. The third kappa shape index (κ3) is 2.26. The van der Waals surface area contributed by atoms with Gasteiger partial charge in [0.25, 0.3) is 0 Å². The molecule has 0 spiro atoms. The maximum Gasteiger partial charge on any atom is 0.227 e. The van der Waals surface area contributed by atoms with Gasteiger partial charge < -0.3 is 10.6 Å². The van der Waals surface area contributed by atoms with Crippen molar-refractivity contribution in [3.8, 4) is 0 Å². The number of nitrogen functional groups attached to an aromatic ring is 1. The van der Waals surface area contributed by atoms with E-state index in [2.05, 4.69) is 15.9 Å². The number of anilines is 2. The Labute approximate surface area is 106 Å². The van der Waals surface area contributed by atoms with E-state index in [1.807, 2.05) is 0 Å². The summed E-state index contributed by atoms with van der Waals surface area (Å²) in [5.41, 5.74) is 5.47. The molecule has 0 radical (unpaired) electrons. The predicted molar refractivity (Wildman–Crippen MR) is 65.0 cm³/mol. The van der Waals surface area contributed by atoms with Crippen LogP contribution >= 0.6 is 15.9 Å². The van der Waals surface area contributed by atoms with Gasteiger partial charge in [-0.1, -0.05) is 15.9 Å². The molecule has 1 aliphatic rings. The van der Waals surface area contributed by atoms with Crippen LogP contribution in [0.2, 0.25) is 0 Å². The Balaban J connectivity index is 2.38. The second-order valence-electron chi connectivity index (χ2n) is 4.05. The molecule has 1 amide bonds. The van der Waals surface area contributed by atoms with Crippen molar-refractivity contribution in [2.45, 2.75) is 6.42 Å². The summed E-state index contributed by atoms with van der Waals surface area (Å²) in [6.45, 7) is 0.428. The zero-order valence-electron chi connectivity index (χ0n) is 8.92. The van der Waals surface area contributed by atoms with Crippen molar-refractivity contribution in [1.82, 2.24) is 0 Å². The number of alkyl halides is 1. The summed E-state index contributed by atoms with van der Waals surface area (Å²) in [7, 11) is 0. The fourth-order valence-electron chi connectivity index (χ4n) is 1.91. The minimum atomic E-state index is -0.838. The van der Waals surface area contributed by atoms with Crippen molar-refractivity contribution in [2.75, 3.05) is 22.5 Å². The molecule has 17 heavy (non-hydrogen) atoms. The molecule has 0 aromatic heterocycles. The average molecular weight is 305 g/mol. The summed E-state index contributed by atoms with van der Waals surface area (Å²) in [5.74, 6) is -1.59. The number of nitrogens with zero attached hydrogens (tertiary/aromatic N) is 1. The van der Waals surface area contributed by atoms with E-state index < -0.39 is 11.6 Å². The van der Waals surface area contributed by atoms with E-state index >= 15 is 0 Å². The van der Waals surface area contributed by atoms with E-state index in [1.54, 1.807) is 0 Å². The number of benzene rings is 1. The smallest absolute Gasteiger partial charge is 0.227 e. The highest BCUT2D eigenvalue weighted by molar-refractivity contribution is 9.09. The molecule has 1 fully saturated rings. The summed E-state index contributed by atoms with van der Waals surface area (Å²) in [4.78, 5) is 13.1. The molecule has 1 aromatic carbocycles. The first-order chi connectivity index (χ1) is 8.02. The predicted octanol–water partition coefficient (Wildman–Crippen LogP) is 2.29. The lowest BCUT2D eigenvalue weighted by atomic mass is 10.2. The van der Waals surface area contributed by atoms with Crippen molar-refractivity contribution < 1.29 is 13.6 Å². The molecule has 2 N–H and O–H groups in total. The lowest BCUT2D eigenvalue weighted by Gasteiger charge is -2.19. The van der Waals surface area contributed by atoms with Gasteiger partial charge in [0.05, 0.1) is 11.4 Å². The van der Waals surface area contributed by atoms with E-state index in [9.17, 15) is 13.6 Å². The van der Waals surface area contributed by atoms with Crippen LogP contribution in [0, 0.1) is 17.6 Å². The fraction of sp³-hybridized carbons (Fsp3) is 0.364. The Morgan fingerprint density at radius 1 is 1.47 bits per heavy atom. The van der Waals surface area contributed by atoms with Gasteiger partial charge in [-0.25, -0.2) is 8.78 Å². The first kappa shape index (κ1) is 12.3. The third-order valence-corrected chi connectivity index (χ3v) is 3.70. The standard InChI is InChI=1S/C11H11BrF2N2O/c12-4-6-1-10(17)16(5-6)9-3-7(13)2-8(14)11(9)15/h2-3,6H,1,4-5,15H2. The maximum absolute atomic E-state index is 13.3. The third-order valence-electron chi connectivity index (χ3n) is 2.79. The molecule has 2 rings (SSSR count). The van der Waals surface area contributed by atoms with Crippen LogP contribution in [0.5, 0.6) is 0 Å². The molecule has 1 unspecified atom stereocenters. The van der Waals surface area contributed by atoms with Crippen LogP contribution in [-0.4, -0.2) is 17.8 Å². The number of hydrogen-bond donors (Lipinski definition) is 1. The number of carbonyl (C=O) groups is 1.